The molecular formula is C19H17N5O2. The van der Waals surface area contributed by atoms with Crippen LogP contribution in [-0.4, -0.2) is 21.9 Å². The second-order valence-electron chi connectivity index (χ2n) is 5.52. The van der Waals surface area contributed by atoms with E-state index in [4.69, 9.17) is 5.73 Å². The van der Waals surface area contributed by atoms with Gasteiger partial charge >= 0.3 is 6.03 Å². The standard InChI is InChI=1S/C19H17N5O2/c20-19(26)24-14-7-5-13(6-8-14)11-22-18(25)10-9-15-12-21-16-3-1-2-4-17(16)23-15/h1-10,12H,11H2,(H,22,25)(H3,20,24,26)/b10-9+. The molecule has 7 nitrogen and oxygen atoms in total. The van der Waals surface area contributed by atoms with Crippen LogP contribution >= 0.6 is 0 Å². The molecule has 0 spiro atoms. The van der Waals surface area contributed by atoms with E-state index in [2.05, 4.69) is 20.6 Å². The van der Waals surface area contributed by atoms with E-state index in [-0.39, 0.29) is 5.91 Å². The third kappa shape index (κ3) is 4.64. The fourth-order valence-electron chi connectivity index (χ4n) is 2.31. The number of benzene rings is 2. The van der Waals surface area contributed by atoms with Crippen molar-refractivity contribution in [3.63, 3.8) is 0 Å². The summed E-state index contributed by atoms with van der Waals surface area (Å²) in [7, 11) is 0. The van der Waals surface area contributed by atoms with E-state index in [1.165, 1.54) is 6.08 Å². The van der Waals surface area contributed by atoms with Crippen molar-refractivity contribution < 1.29 is 9.59 Å². The average molecular weight is 347 g/mol. The van der Waals surface area contributed by atoms with E-state index in [9.17, 15) is 9.59 Å². The number of urea groups is 1. The van der Waals surface area contributed by atoms with Crippen LogP contribution in [0.25, 0.3) is 17.1 Å². The number of rotatable bonds is 5. The Morgan fingerprint density at radius 2 is 1.77 bits per heavy atom. The Morgan fingerprint density at radius 1 is 1.04 bits per heavy atom. The second kappa shape index (κ2) is 7.89. The third-order valence-electron chi connectivity index (χ3n) is 3.56. The highest BCUT2D eigenvalue weighted by Gasteiger charge is 2.00. The molecule has 1 heterocycles. The minimum atomic E-state index is -0.618. The molecule has 0 saturated heterocycles. The average Bonchev–Trinajstić information content (AvgIpc) is 2.65. The van der Waals surface area contributed by atoms with Crippen molar-refractivity contribution in [2.75, 3.05) is 5.32 Å². The fraction of sp³-hybridized carbons (Fsp3) is 0.0526. The summed E-state index contributed by atoms with van der Waals surface area (Å²) in [4.78, 5) is 31.4. The van der Waals surface area contributed by atoms with Crippen LogP contribution in [0.1, 0.15) is 11.3 Å². The van der Waals surface area contributed by atoms with Crippen LogP contribution in [0.5, 0.6) is 0 Å². The predicted molar refractivity (Wildman–Crippen MR) is 100 cm³/mol. The third-order valence-corrected chi connectivity index (χ3v) is 3.56. The highest BCUT2D eigenvalue weighted by molar-refractivity contribution is 5.91. The van der Waals surface area contributed by atoms with Gasteiger partial charge in [-0.25, -0.2) is 9.78 Å². The van der Waals surface area contributed by atoms with Gasteiger partial charge in [-0.3, -0.25) is 9.78 Å². The number of para-hydroxylation sites is 2. The van der Waals surface area contributed by atoms with E-state index in [1.54, 1.807) is 36.5 Å². The molecule has 0 unspecified atom stereocenters. The molecular weight excluding hydrogens is 330 g/mol. The zero-order valence-electron chi connectivity index (χ0n) is 13.8. The summed E-state index contributed by atoms with van der Waals surface area (Å²) in [5.41, 5.74) is 8.74. The largest absolute Gasteiger partial charge is 0.351 e. The highest BCUT2D eigenvalue weighted by Crippen LogP contribution is 2.10. The summed E-state index contributed by atoms with van der Waals surface area (Å²) in [6.07, 6.45) is 4.66. The number of nitrogens with one attached hydrogen (secondary N) is 2. The summed E-state index contributed by atoms with van der Waals surface area (Å²) >= 11 is 0. The van der Waals surface area contributed by atoms with E-state index in [1.807, 2.05) is 24.3 Å². The van der Waals surface area contributed by atoms with Gasteiger partial charge in [-0.15, -0.1) is 0 Å². The van der Waals surface area contributed by atoms with Gasteiger partial charge in [-0.05, 0) is 35.9 Å². The van der Waals surface area contributed by atoms with E-state index >= 15 is 0 Å². The van der Waals surface area contributed by atoms with Crippen molar-refractivity contribution in [3.05, 3.63) is 72.1 Å². The summed E-state index contributed by atoms with van der Waals surface area (Å²) in [6.45, 7) is 0.365. The van der Waals surface area contributed by atoms with Crippen molar-refractivity contribution >= 4 is 34.7 Å². The minimum absolute atomic E-state index is 0.237. The first-order chi connectivity index (χ1) is 12.6. The molecule has 4 N–H and O–H groups in total. The van der Waals surface area contributed by atoms with Gasteiger partial charge in [0.25, 0.3) is 0 Å². The molecule has 130 valence electrons. The molecule has 0 radical (unpaired) electrons. The normalized spacial score (nSPS) is 10.8. The molecule has 3 aromatic rings. The monoisotopic (exact) mass is 347 g/mol. The van der Waals surface area contributed by atoms with Crippen molar-refractivity contribution in [2.45, 2.75) is 6.54 Å². The minimum Gasteiger partial charge on any atom is -0.351 e. The van der Waals surface area contributed by atoms with Crippen LogP contribution in [0.2, 0.25) is 0 Å². The first kappa shape index (κ1) is 17.1. The Bertz CT molecular complexity index is 967. The van der Waals surface area contributed by atoms with Crippen LogP contribution in [-0.2, 0) is 11.3 Å². The number of hydrogen-bond acceptors (Lipinski definition) is 4. The lowest BCUT2D eigenvalue weighted by atomic mass is 10.2. The molecule has 0 fully saturated rings. The van der Waals surface area contributed by atoms with Crippen molar-refractivity contribution in [3.8, 4) is 0 Å². The highest BCUT2D eigenvalue weighted by atomic mass is 16.2. The van der Waals surface area contributed by atoms with Crippen molar-refractivity contribution in [1.29, 1.82) is 0 Å². The maximum atomic E-state index is 11.9. The number of anilines is 1. The van der Waals surface area contributed by atoms with Crippen LogP contribution in [0.4, 0.5) is 10.5 Å². The molecule has 7 heteroatoms. The van der Waals surface area contributed by atoms with Gasteiger partial charge in [0.2, 0.25) is 5.91 Å². The number of nitrogens with zero attached hydrogens (tertiary/aromatic N) is 2. The Morgan fingerprint density at radius 3 is 2.50 bits per heavy atom. The van der Waals surface area contributed by atoms with Gasteiger partial charge in [0.05, 0.1) is 22.9 Å². The lowest BCUT2D eigenvalue weighted by Crippen LogP contribution is -2.20. The Balaban J connectivity index is 1.56. The number of carbonyl (C=O) groups excluding carboxylic acids is 2. The molecule has 2 aromatic carbocycles. The van der Waals surface area contributed by atoms with Gasteiger partial charge in [0.15, 0.2) is 0 Å². The quantitative estimate of drug-likeness (QED) is 0.616. The van der Waals surface area contributed by atoms with Crippen molar-refractivity contribution in [1.82, 2.24) is 15.3 Å². The fourth-order valence-corrected chi connectivity index (χ4v) is 2.31. The van der Waals surface area contributed by atoms with Crippen LogP contribution in [0, 0.1) is 0 Å². The lowest BCUT2D eigenvalue weighted by Gasteiger charge is -2.05. The van der Waals surface area contributed by atoms with Crippen LogP contribution in [0.15, 0.2) is 60.8 Å². The van der Waals surface area contributed by atoms with E-state index in [0.717, 1.165) is 16.6 Å². The van der Waals surface area contributed by atoms with Gasteiger partial charge in [0, 0.05) is 18.3 Å². The maximum absolute atomic E-state index is 11.9. The molecule has 1 aromatic heterocycles. The number of amides is 3. The first-order valence-electron chi connectivity index (χ1n) is 7.93. The molecule has 3 amide bonds. The lowest BCUT2D eigenvalue weighted by molar-refractivity contribution is -0.116. The van der Waals surface area contributed by atoms with E-state index < -0.39 is 6.03 Å². The smallest absolute Gasteiger partial charge is 0.316 e. The Labute approximate surface area is 150 Å². The first-order valence-corrected chi connectivity index (χ1v) is 7.93. The second-order valence-corrected chi connectivity index (χ2v) is 5.52. The Hall–Kier alpha value is -3.74. The number of carbonyl (C=O) groups is 2. The molecule has 3 rings (SSSR count). The molecule has 0 aliphatic rings. The van der Waals surface area contributed by atoms with Gasteiger partial charge in [-0.2, -0.15) is 0 Å². The predicted octanol–water partition coefficient (Wildman–Crippen LogP) is 2.45. The summed E-state index contributed by atoms with van der Waals surface area (Å²) < 4.78 is 0. The zero-order chi connectivity index (χ0) is 18.4. The molecule has 0 aliphatic carbocycles. The maximum Gasteiger partial charge on any atom is 0.316 e. The van der Waals surface area contributed by atoms with Crippen molar-refractivity contribution in [2.24, 2.45) is 5.73 Å². The van der Waals surface area contributed by atoms with Gasteiger partial charge in [-0.1, -0.05) is 24.3 Å². The number of hydrogen-bond donors (Lipinski definition) is 3. The number of nitrogens with two attached hydrogens (primary N) is 1. The van der Waals surface area contributed by atoms with Gasteiger partial charge < -0.3 is 16.4 Å². The zero-order valence-corrected chi connectivity index (χ0v) is 13.8. The summed E-state index contributed by atoms with van der Waals surface area (Å²) in [5.74, 6) is -0.237. The van der Waals surface area contributed by atoms with E-state index in [0.29, 0.717) is 17.9 Å². The Kier molecular flexibility index (Phi) is 5.19. The topological polar surface area (TPSA) is 110 Å². The van der Waals surface area contributed by atoms with Crippen LogP contribution in [0.3, 0.4) is 0 Å². The molecule has 0 saturated carbocycles. The SMILES string of the molecule is NC(=O)Nc1ccc(CNC(=O)/C=C/c2cnc3ccccc3n2)cc1. The van der Waals surface area contributed by atoms with Crippen LogP contribution < -0.4 is 16.4 Å². The number of aromatic nitrogens is 2. The number of fused-ring (bicyclic) bond motifs is 1. The molecule has 0 bridgehead atoms. The summed E-state index contributed by atoms with van der Waals surface area (Å²) in [6, 6.07) is 13.9. The number of primary amides is 1. The molecule has 0 atom stereocenters. The van der Waals surface area contributed by atoms with Gasteiger partial charge in [0.1, 0.15) is 0 Å². The molecule has 26 heavy (non-hydrogen) atoms. The summed E-state index contributed by atoms with van der Waals surface area (Å²) in [5, 5.41) is 5.26. The molecule has 0 aliphatic heterocycles.